The molecule has 1 N–H and O–H groups in total. The topological polar surface area (TPSA) is 46.3 Å². The Bertz CT molecular complexity index is 412. The molecule has 1 aromatic carbocycles. The Morgan fingerprint density at radius 2 is 2.15 bits per heavy atom. The van der Waals surface area contributed by atoms with E-state index in [-0.39, 0.29) is 5.75 Å². The van der Waals surface area contributed by atoms with Crippen molar-refractivity contribution in [2.24, 2.45) is 0 Å². The molecule has 4 heteroatoms. The van der Waals surface area contributed by atoms with E-state index in [0.717, 1.165) is 0 Å². The Morgan fingerprint density at radius 1 is 1.31 bits per heavy atom. The Kier molecular flexibility index (Phi) is 1.73. The molecule has 0 aliphatic rings. The van der Waals surface area contributed by atoms with Crippen molar-refractivity contribution < 1.29 is 14.0 Å². The van der Waals surface area contributed by atoms with E-state index in [9.17, 15) is 4.39 Å². The predicted molar refractivity (Wildman–Crippen MR) is 43.6 cm³/mol. The highest BCUT2D eigenvalue weighted by Gasteiger charge is 2.05. The summed E-state index contributed by atoms with van der Waals surface area (Å²) in [6.45, 7) is 0. The molecular formula is C9H6FNO2. The van der Waals surface area contributed by atoms with Crippen molar-refractivity contribution in [2.75, 3.05) is 0 Å². The van der Waals surface area contributed by atoms with Crippen LogP contribution >= 0.6 is 0 Å². The van der Waals surface area contributed by atoms with Crippen LogP contribution in [0, 0.1) is 5.82 Å². The number of nitrogens with zero attached hydrogens (tertiary/aromatic N) is 1. The van der Waals surface area contributed by atoms with Gasteiger partial charge in [-0.3, -0.25) is 0 Å². The number of hydrogen-bond acceptors (Lipinski definition) is 3. The molecule has 0 amide bonds. The molecule has 0 fully saturated rings. The Labute approximate surface area is 73.4 Å². The number of phenolic OH excluding ortho intramolecular Hbond substituents is 1. The van der Waals surface area contributed by atoms with E-state index in [1.165, 1.54) is 18.3 Å². The minimum Gasteiger partial charge on any atom is -0.505 e. The first-order valence-corrected chi connectivity index (χ1v) is 3.67. The molecule has 0 aliphatic carbocycles. The Hall–Kier alpha value is -1.84. The molecule has 0 unspecified atom stereocenters. The fourth-order valence-corrected chi connectivity index (χ4v) is 1.02. The van der Waals surface area contributed by atoms with Gasteiger partial charge in [0.15, 0.2) is 17.3 Å². The lowest BCUT2D eigenvalue weighted by Gasteiger charge is -1.97. The second kappa shape index (κ2) is 2.90. The van der Waals surface area contributed by atoms with Gasteiger partial charge in [0.1, 0.15) is 0 Å². The molecule has 0 radical (unpaired) electrons. The average Bonchev–Trinajstić information content (AvgIpc) is 2.62. The molecule has 2 aromatic rings. The van der Waals surface area contributed by atoms with E-state index >= 15 is 0 Å². The summed E-state index contributed by atoms with van der Waals surface area (Å²) in [6.07, 6.45) is 1.47. The molecule has 0 aliphatic heterocycles. The lowest BCUT2D eigenvalue weighted by atomic mass is 10.1. The highest BCUT2D eigenvalue weighted by molar-refractivity contribution is 5.57. The third kappa shape index (κ3) is 1.38. The van der Waals surface area contributed by atoms with Crippen molar-refractivity contribution in [3.05, 3.63) is 36.3 Å². The fraction of sp³-hybridized carbons (Fsp3) is 0. The van der Waals surface area contributed by atoms with Crippen LogP contribution in [0.4, 0.5) is 4.39 Å². The smallest absolute Gasteiger partial charge is 0.166 e. The molecule has 2 rings (SSSR count). The minimum atomic E-state index is -0.672. The summed E-state index contributed by atoms with van der Waals surface area (Å²) in [5.74, 6) is -0.573. The summed E-state index contributed by atoms with van der Waals surface area (Å²) in [7, 11) is 0. The molecule has 13 heavy (non-hydrogen) atoms. The number of hydrogen-bond donors (Lipinski definition) is 1. The summed E-state index contributed by atoms with van der Waals surface area (Å²) in [5.41, 5.74) is 0.549. The van der Waals surface area contributed by atoms with Gasteiger partial charge in [-0.2, -0.15) is 0 Å². The third-order valence-corrected chi connectivity index (χ3v) is 1.67. The molecule has 0 spiro atoms. The van der Waals surface area contributed by atoms with Crippen molar-refractivity contribution in [3.63, 3.8) is 0 Å². The van der Waals surface area contributed by atoms with E-state index in [1.807, 2.05) is 0 Å². The van der Waals surface area contributed by atoms with Gasteiger partial charge in [0.2, 0.25) is 0 Å². The zero-order valence-electron chi connectivity index (χ0n) is 6.57. The lowest BCUT2D eigenvalue weighted by molar-refractivity contribution is 0.426. The predicted octanol–water partition coefficient (Wildman–Crippen LogP) is 2.19. The normalized spacial score (nSPS) is 10.2. The molecular weight excluding hydrogens is 173 g/mol. The van der Waals surface area contributed by atoms with Crippen molar-refractivity contribution >= 4 is 0 Å². The quantitative estimate of drug-likeness (QED) is 0.729. The molecule has 3 nitrogen and oxygen atoms in total. The van der Waals surface area contributed by atoms with Crippen LogP contribution in [-0.2, 0) is 0 Å². The van der Waals surface area contributed by atoms with Crippen molar-refractivity contribution in [2.45, 2.75) is 0 Å². The number of phenols is 1. The molecule has 1 heterocycles. The van der Waals surface area contributed by atoms with Crippen LogP contribution in [0.3, 0.4) is 0 Å². The second-order valence-electron chi connectivity index (χ2n) is 2.54. The van der Waals surface area contributed by atoms with E-state index in [4.69, 9.17) is 9.63 Å². The monoisotopic (exact) mass is 179 g/mol. The SMILES string of the molecule is Oc1ccc(-c2ccno2)cc1F. The van der Waals surface area contributed by atoms with Crippen LogP contribution in [0.15, 0.2) is 35.0 Å². The zero-order chi connectivity index (χ0) is 9.26. The van der Waals surface area contributed by atoms with E-state index in [2.05, 4.69) is 5.16 Å². The first-order chi connectivity index (χ1) is 6.27. The van der Waals surface area contributed by atoms with Gasteiger partial charge < -0.3 is 9.63 Å². The standard InChI is InChI=1S/C9H6FNO2/c10-7-5-6(1-2-8(7)12)9-3-4-11-13-9/h1-5,12H. The molecule has 0 atom stereocenters. The number of benzene rings is 1. The van der Waals surface area contributed by atoms with Gasteiger partial charge in [-0.05, 0) is 18.2 Å². The first-order valence-electron chi connectivity index (χ1n) is 3.67. The molecule has 1 aromatic heterocycles. The maximum Gasteiger partial charge on any atom is 0.166 e. The van der Waals surface area contributed by atoms with Gasteiger partial charge in [-0.15, -0.1) is 0 Å². The number of rotatable bonds is 1. The number of halogens is 1. The summed E-state index contributed by atoms with van der Waals surface area (Å²) in [4.78, 5) is 0. The van der Waals surface area contributed by atoms with Crippen LogP contribution in [0.2, 0.25) is 0 Å². The van der Waals surface area contributed by atoms with Crippen molar-refractivity contribution in [1.82, 2.24) is 5.16 Å². The fourth-order valence-electron chi connectivity index (χ4n) is 1.02. The summed E-state index contributed by atoms with van der Waals surface area (Å²) in [5, 5.41) is 12.4. The third-order valence-electron chi connectivity index (χ3n) is 1.67. The van der Waals surface area contributed by atoms with Crippen LogP contribution < -0.4 is 0 Å². The summed E-state index contributed by atoms with van der Waals surface area (Å²) in [6, 6.07) is 5.63. The largest absolute Gasteiger partial charge is 0.505 e. The second-order valence-corrected chi connectivity index (χ2v) is 2.54. The molecule has 66 valence electrons. The molecule has 0 saturated carbocycles. The van der Waals surface area contributed by atoms with Crippen LogP contribution in [0.1, 0.15) is 0 Å². The highest BCUT2D eigenvalue weighted by Crippen LogP contribution is 2.23. The maximum absolute atomic E-state index is 12.9. The van der Waals surface area contributed by atoms with Gasteiger partial charge >= 0.3 is 0 Å². The molecule has 0 bridgehead atoms. The Morgan fingerprint density at radius 3 is 2.77 bits per heavy atom. The summed E-state index contributed by atoms with van der Waals surface area (Å²) < 4.78 is 17.7. The van der Waals surface area contributed by atoms with Gasteiger partial charge in [-0.1, -0.05) is 5.16 Å². The highest BCUT2D eigenvalue weighted by atomic mass is 19.1. The van der Waals surface area contributed by atoms with Crippen LogP contribution in [-0.4, -0.2) is 10.3 Å². The maximum atomic E-state index is 12.9. The van der Waals surface area contributed by atoms with Gasteiger partial charge in [0.25, 0.3) is 0 Å². The van der Waals surface area contributed by atoms with Crippen molar-refractivity contribution in [3.8, 4) is 17.1 Å². The summed E-state index contributed by atoms with van der Waals surface area (Å²) >= 11 is 0. The van der Waals surface area contributed by atoms with Gasteiger partial charge in [-0.25, -0.2) is 4.39 Å². The Balaban J connectivity index is 2.49. The van der Waals surface area contributed by atoms with Gasteiger partial charge in [0, 0.05) is 11.6 Å². The number of aromatic hydroxyl groups is 1. The lowest BCUT2D eigenvalue weighted by Crippen LogP contribution is -1.78. The van der Waals surface area contributed by atoms with Crippen LogP contribution in [0.25, 0.3) is 11.3 Å². The van der Waals surface area contributed by atoms with Crippen molar-refractivity contribution in [1.29, 1.82) is 0 Å². The van der Waals surface area contributed by atoms with E-state index in [1.54, 1.807) is 12.1 Å². The van der Waals surface area contributed by atoms with Gasteiger partial charge in [0.05, 0.1) is 6.20 Å². The minimum absolute atomic E-state index is 0.372. The first kappa shape index (κ1) is 7.79. The molecule has 0 saturated heterocycles. The zero-order valence-corrected chi connectivity index (χ0v) is 6.57. The van der Waals surface area contributed by atoms with E-state index in [0.29, 0.717) is 11.3 Å². The number of aromatic nitrogens is 1. The van der Waals surface area contributed by atoms with E-state index < -0.39 is 5.82 Å². The van der Waals surface area contributed by atoms with Crippen LogP contribution in [0.5, 0.6) is 5.75 Å². The average molecular weight is 179 g/mol.